The van der Waals surface area contributed by atoms with E-state index in [4.69, 9.17) is 5.11 Å². The summed E-state index contributed by atoms with van der Waals surface area (Å²) in [6.07, 6.45) is 2.95. The van der Waals surface area contributed by atoms with Crippen molar-refractivity contribution in [1.82, 2.24) is 24.5 Å². The Balaban J connectivity index is 2.22. The van der Waals surface area contributed by atoms with Crippen LogP contribution in [0.1, 0.15) is 33.5 Å². The van der Waals surface area contributed by atoms with Crippen molar-refractivity contribution in [1.29, 1.82) is 0 Å². The molecule has 0 aliphatic carbocycles. The molecule has 0 aliphatic rings. The maximum absolute atomic E-state index is 12.4. The quantitative estimate of drug-likeness (QED) is 0.871. The lowest BCUT2D eigenvalue weighted by molar-refractivity contribution is 0.0669. The van der Waals surface area contributed by atoms with E-state index in [1.54, 1.807) is 17.9 Å². The summed E-state index contributed by atoms with van der Waals surface area (Å²) in [6.45, 7) is 3.01. The number of carbonyl (C=O) groups excluding carboxylic acids is 1. The van der Waals surface area contributed by atoms with Gasteiger partial charge in [-0.1, -0.05) is 0 Å². The van der Waals surface area contributed by atoms with E-state index in [1.807, 2.05) is 13.0 Å². The molecule has 0 fully saturated rings. The van der Waals surface area contributed by atoms with E-state index < -0.39 is 5.97 Å². The zero-order valence-electron chi connectivity index (χ0n) is 12.1. The van der Waals surface area contributed by atoms with Crippen LogP contribution in [0.15, 0.2) is 18.5 Å². The first kappa shape index (κ1) is 14.8. The van der Waals surface area contributed by atoms with Gasteiger partial charge in [0.25, 0.3) is 5.91 Å². The van der Waals surface area contributed by atoms with Crippen LogP contribution < -0.4 is 0 Å². The van der Waals surface area contributed by atoms with Gasteiger partial charge in [-0.05, 0) is 13.0 Å². The summed E-state index contributed by atoms with van der Waals surface area (Å²) >= 11 is 0. The Morgan fingerprint density at radius 3 is 2.71 bits per heavy atom. The molecule has 0 radical (unpaired) electrons. The maximum Gasteiger partial charge on any atom is 0.354 e. The monoisotopic (exact) mass is 291 g/mol. The zero-order chi connectivity index (χ0) is 15.6. The van der Waals surface area contributed by atoms with Crippen LogP contribution in [0.5, 0.6) is 0 Å². The van der Waals surface area contributed by atoms with E-state index in [-0.39, 0.29) is 17.2 Å². The summed E-state index contributed by atoms with van der Waals surface area (Å²) in [6, 6.07) is 1.83. The van der Waals surface area contributed by atoms with E-state index in [2.05, 4.69) is 10.2 Å². The molecule has 2 heterocycles. The van der Waals surface area contributed by atoms with Gasteiger partial charge in [0.05, 0.1) is 24.0 Å². The lowest BCUT2D eigenvalue weighted by atomic mass is 10.2. The fourth-order valence-corrected chi connectivity index (χ4v) is 2.15. The number of hydrogen-bond acceptors (Lipinski definition) is 4. The van der Waals surface area contributed by atoms with Gasteiger partial charge in [-0.25, -0.2) is 4.79 Å². The number of carboxylic acids is 1. The molecular formula is C13H17N5O3. The van der Waals surface area contributed by atoms with E-state index in [9.17, 15) is 9.59 Å². The van der Waals surface area contributed by atoms with Crippen molar-refractivity contribution >= 4 is 11.9 Å². The molecule has 0 saturated carbocycles. The molecule has 0 bridgehead atoms. The van der Waals surface area contributed by atoms with Gasteiger partial charge in [0, 0.05) is 26.8 Å². The zero-order valence-corrected chi connectivity index (χ0v) is 12.1. The van der Waals surface area contributed by atoms with Gasteiger partial charge in [-0.15, -0.1) is 0 Å². The van der Waals surface area contributed by atoms with Crippen LogP contribution in [0.4, 0.5) is 0 Å². The van der Waals surface area contributed by atoms with Gasteiger partial charge in [-0.3, -0.25) is 14.2 Å². The highest BCUT2D eigenvalue weighted by Gasteiger charge is 2.24. The summed E-state index contributed by atoms with van der Waals surface area (Å²) in [4.78, 5) is 25.0. The number of hydrogen-bond donors (Lipinski definition) is 1. The number of aromatic carboxylic acids is 1. The second kappa shape index (κ2) is 5.78. The molecule has 2 aromatic rings. The Bertz CT molecular complexity index is 673. The van der Waals surface area contributed by atoms with Crippen LogP contribution >= 0.6 is 0 Å². The van der Waals surface area contributed by atoms with Crippen molar-refractivity contribution in [2.75, 3.05) is 7.05 Å². The Kier molecular flexibility index (Phi) is 4.06. The van der Waals surface area contributed by atoms with Gasteiger partial charge in [0.15, 0.2) is 5.69 Å². The number of aryl methyl sites for hydroxylation is 2. The highest BCUT2D eigenvalue weighted by molar-refractivity contribution is 6.03. The normalized spacial score (nSPS) is 10.6. The molecule has 21 heavy (non-hydrogen) atoms. The topological polar surface area (TPSA) is 93.3 Å². The first-order valence-electron chi connectivity index (χ1n) is 6.47. The highest BCUT2D eigenvalue weighted by atomic mass is 16.4. The molecule has 8 nitrogen and oxygen atoms in total. The number of carbonyl (C=O) groups is 2. The van der Waals surface area contributed by atoms with E-state index in [0.29, 0.717) is 13.1 Å². The van der Waals surface area contributed by atoms with Gasteiger partial charge in [0.2, 0.25) is 0 Å². The SMILES string of the molecule is CCn1nccc1CN(C)C(=O)c1cnn(C)c1C(=O)O. The molecule has 0 unspecified atom stereocenters. The summed E-state index contributed by atoms with van der Waals surface area (Å²) in [7, 11) is 3.11. The van der Waals surface area contributed by atoms with Crippen LogP contribution in [0.25, 0.3) is 0 Å². The molecule has 0 spiro atoms. The van der Waals surface area contributed by atoms with E-state index in [0.717, 1.165) is 5.69 Å². The minimum atomic E-state index is -1.18. The Morgan fingerprint density at radius 1 is 1.38 bits per heavy atom. The Labute approximate surface area is 121 Å². The second-order valence-corrected chi connectivity index (χ2v) is 4.64. The molecule has 0 atom stereocenters. The highest BCUT2D eigenvalue weighted by Crippen LogP contribution is 2.12. The van der Waals surface area contributed by atoms with Crippen molar-refractivity contribution in [3.8, 4) is 0 Å². The summed E-state index contributed by atoms with van der Waals surface area (Å²) in [5, 5.41) is 17.1. The molecule has 8 heteroatoms. The molecule has 1 N–H and O–H groups in total. The second-order valence-electron chi connectivity index (χ2n) is 4.64. The van der Waals surface area contributed by atoms with Crippen LogP contribution in [0.3, 0.4) is 0 Å². The molecule has 0 saturated heterocycles. The minimum absolute atomic E-state index is 0.0788. The van der Waals surface area contributed by atoms with Gasteiger partial charge >= 0.3 is 5.97 Å². The average molecular weight is 291 g/mol. The largest absolute Gasteiger partial charge is 0.477 e. The van der Waals surface area contributed by atoms with Crippen LogP contribution in [-0.2, 0) is 20.1 Å². The van der Waals surface area contributed by atoms with Crippen molar-refractivity contribution in [3.05, 3.63) is 35.4 Å². The van der Waals surface area contributed by atoms with Crippen molar-refractivity contribution < 1.29 is 14.7 Å². The predicted octanol–water partition coefficient (Wildman–Crippen LogP) is 0.607. The molecule has 2 aromatic heterocycles. The summed E-state index contributed by atoms with van der Waals surface area (Å²) in [5.41, 5.74) is 0.847. The minimum Gasteiger partial charge on any atom is -0.477 e. The number of rotatable bonds is 5. The van der Waals surface area contributed by atoms with Crippen molar-refractivity contribution in [2.45, 2.75) is 20.0 Å². The van der Waals surface area contributed by atoms with E-state index in [1.165, 1.54) is 22.8 Å². The van der Waals surface area contributed by atoms with Crippen LogP contribution in [0.2, 0.25) is 0 Å². The number of aromatic nitrogens is 4. The fraction of sp³-hybridized carbons (Fsp3) is 0.385. The molecule has 0 aliphatic heterocycles. The third kappa shape index (κ3) is 2.78. The van der Waals surface area contributed by atoms with Crippen LogP contribution in [0, 0.1) is 0 Å². The predicted molar refractivity (Wildman–Crippen MR) is 73.9 cm³/mol. The maximum atomic E-state index is 12.4. The summed E-state index contributed by atoms with van der Waals surface area (Å²) < 4.78 is 2.96. The van der Waals surface area contributed by atoms with E-state index >= 15 is 0 Å². The van der Waals surface area contributed by atoms with Crippen LogP contribution in [-0.4, -0.2) is 48.5 Å². The van der Waals surface area contributed by atoms with Crippen molar-refractivity contribution in [3.63, 3.8) is 0 Å². The lowest BCUT2D eigenvalue weighted by Gasteiger charge is -2.17. The standard InChI is InChI=1S/C13H17N5O3/c1-4-18-9(5-6-14-18)8-16(2)12(19)10-7-15-17(3)11(10)13(20)21/h5-7H,4,8H2,1-3H3,(H,20,21). The summed E-state index contributed by atoms with van der Waals surface area (Å²) in [5.74, 6) is -1.56. The Hall–Kier alpha value is -2.64. The number of amides is 1. The third-order valence-corrected chi connectivity index (χ3v) is 3.22. The molecule has 2 rings (SSSR count). The van der Waals surface area contributed by atoms with Gasteiger partial charge < -0.3 is 10.0 Å². The number of carboxylic acid groups (broad SMARTS) is 1. The fourth-order valence-electron chi connectivity index (χ4n) is 2.15. The molecule has 1 amide bonds. The average Bonchev–Trinajstić information content (AvgIpc) is 3.03. The Morgan fingerprint density at radius 2 is 2.10 bits per heavy atom. The molecule has 112 valence electrons. The first-order valence-corrected chi connectivity index (χ1v) is 6.47. The smallest absolute Gasteiger partial charge is 0.354 e. The first-order chi connectivity index (χ1) is 9.95. The molecule has 0 aromatic carbocycles. The van der Waals surface area contributed by atoms with Gasteiger partial charge in [-0.2, -0.15) is 10.2 Å². The molecular weight excluding hydrogens is 274 g/mol. The van der Waals surface area contributed by atoms with Crippen molar-refractivity contribution in [2.24, 2.45) is 7.05 Å². The third-order valence-electron chi connectivity index (χ3n) is 3.22. The lowest BCUT2D eigenvalue weighted by Crippen LogP contribution is -2.28. The number of nitrogens with zero attached hydrogens (tertiary/aromatic N) is 5. The van der Waals surface area contributed by atoms with Gasteiger partial charge in [0.1, 0.15) is 0 Å².